The smallest absolute Gasteiger partial charge is 0.191 e. The van der Waals surface area contributed by atoms with Gasteiger partial charge >= 0.3 is 0 Å². The Morgan fingerprint density at radius 2 is 1.61 bits per heavy atom. The van der Waals surface area contributed by atoms with Gasteiger partial charge in [0.2, 0.25) is 0 Å². The number of unbranched alkanes of at least 4 members (excludes halogenated alkanes) is 1. The van der Waals surface area contributed by atoms with E-state index in [-0.39, 0.29) is 30.1 Å². The van der Waals surface area contributed by atoms with Gasteiger partial charge in [-0.1, -0.05) is 37.6 Å². The fourth-order valence-corrected chi connectivity index (χ4v) is 2.23. The molecule has 0 heterocycles. The van der Waals surface area contributed by atoms with Gasteiger partial charge in [-0.25, -0.2) is 0 Å². The molecule has 7 heteroatoms. The molecule has 0 aliphatic carbocycles. The summed E-state index contributed by atoms with van der Waals surface area (Å²) in [6, 6.07) is 8.43. The second-order valence-electron chi connectivity index (χ2n) is 6.61. The zero-order chi connectivity index (χ0) is 19.7. The fourth-order valence-electron chi connectivity index (χ4n) is 2.23. The van der Waals surface area contributed by atoms with Crippen LogP contribution in [0.5, 0.6) is 0 Å². The van der Waals surface area contributed by atoms with Crippen molar-refractivity contribution in [3.05, 3.63) is 35.4 Å². The quantitative estimate of drug-likeness (QED) is 0.174. The summed E-state index contributed by atoms with van der Waals surface area (Å²) in [4.78, 5) is 4.23. The number of rotatable bonds is 14. The lowest BCUT2D eigenvalue weighted by atomic mass is 10.1. The normalized spacial score (nSPS) is 11.4. The fraction of sp³-hybridized carbons (Fsp3) is 0.667. The number of hydrogen-bond acceptors (Lipinski definition) is 4. The average Bonchev–Trinajstić information content (AvgIpc) is 2.68. The van der Waals surface area contributed by atoms with Crippen molar-refractivity contribution in [1.29, 1.82) is 0 Å². The molecule has 28 heavy (non-hydrogen) atoms. The van der Waals surface area contributed by atoms with E-state index in [1.54, 1.807) is 7.05 Å². The molecule has 0 unspecified atom stereocenters. The highest BCUT2D eigenvalue weighted by atomic mass is 127. The van der Waals surface area contributed by atoms with Crippen LogP contribution in [0.1, 0.15) is 44.7 Å². The van der Waals surface area contributed by atoms with Crippen molar-refractivity contribution in [1.82, 2.24) is 10.6 Å². The number of nitrogens with zero attached hydrogens (tertiary/aromatic N) is 1. The van der Waals surface area contributed by atoms with E-state index >= 15 is 0 Å². The molecule has 0 saturated carbocycles. The molecule has 0 saturated heterocycles. The first-order valence-electron chi connectivity index (χ1n) is 9.95. The maximum absolute atomic E-state index is 5.62. The van der Waals surface area contributed by atoms with Crippen LogP contribution in [0, 0.1) is 0 Å². The Balaban J connectivity index is 0.00000729. The van der Waals surface area contributed by atoms with E-state index in [1.165, 1.54) is 11.1 Å². The molecule has 0 amide bonds. The van der Waals surface area contributed by atoms with Gasteiger partial charge in [-0.3, -0.25) is 4.99 Å². The Kier molecular flexibility index (Phi) is 17.6. The van der Waals surface area contributed by atoms with E-state index in [9.17, 15) is 0 Å². The van der Waals surface area contributed by atoms with Crippen molar-refractivity contribution >= 4 is 29.9 Å². The molecule has 1 aromatic carbocycles. The first kappa shape index (κ1) is 27.1. The number of nitrogens with one attached hydrogen (secondary N) is 2. The molecule has 0 fully saturated rings. The lowest BCUT2D eigenvalue weighted by Crippen LogP contribution is -2.38. The van der Waals surface area contributed by atoms with E-state index in [1.807, 2.05) is 13.8 Å². The molecule has 1 aromatic rings. The molecule has 0 bridgehead atoms. The molecule has 162 valence electrons. The van der Waals surface area contributed by atoms with Gasteiger partial charge in [0.1, 0.15) is 0 Å². The highest BCUT2D eigenvalue weighted by molar-refractivity contribution is 14.0. The average molecular weight is 507 g/mol. The molecule has 1 rings (SSSR count). The van der Waals surface area contributed by atoms with E-state index in [0.29, 0.717) is 33.0 Å². The molecule has 2 N–H and O–H groups in total. The van der Waals surface area contributed by atoms with Crippen molar-refractivity contribution in [3.63, 3.8) is 0 Å². The van der Waals surface area contributed by atoms with E-state index in [2.05, 4.69) is 46.8 Å². The summed E-state index contributed by atoms with van der Waals surface area (Å²) >= 11 is 0. The Bertz CT molecular complexity index is 510. The molecular formula is C21H38IN3O3. The van der Waals surface area contributed by atoms with Crippen molar-refractivity contribution in [3.8, 4) is 0 Å². The molecule has 0 aliphatic rings. The van der Waals surface area contributed by atoms with E-state index in [4.69, 9.17) is 14.2 Å². The molecule has 0 atom stereocenters. The number of ether oxygens (including phenoxy) is 3. The number of benzene rings is 1. The van der Waals surface area contributed by atoms with Gasteiger partial charge in [0.15, 0.2) is 5.96 Å². The van der Waals surface area contributed by atoms with Crippen LogP contribution < -0.4 is 10.6 Å². The lowest BCUT2D eigenvalue weighted by Gasteiger charge is -2.13. The van der Waals surface area contributed by atoms with Crippen LogP contribution in [0.15, 0.2) is 29.3 Å². The third-order valence-electron chi connectivity index (χ3n) is 3.84. The number of halogens is 1. The number of aliphatic imine (C=N–C) groups is 1. The lowest BCUT2D eigenvalue weighted by molar-refractivity contribution is 0.0487. The summed E-state index contributed by atoms with van der Waals surface area (Å²) in [7, 11) is 1.77. The van der Waals surface area contributed by atoms with Crippen molar-refractivity contribution < 1.29 is 14.2 Å². The zero-order valence-corrected chi connectivity index (χ0v) is 20.2. The summed E-state index contributed by atoms with van der Waals surface area (Å²) in [6.45, 7) is 11.1. The van der Waals surface area contributed by atoms with Crippen LogP contribution >= 0.6 is 24.0 Å². The maximum atomic E-state index is 5.62. The monoisotopic (exact) mass is 507 g/mol. The van der Waals surface area contributed by atoms with Crippen molar-refractivity contribution in [2.24, 2.45) is 4.99 Å². The molecule has 0 spiro atoms. The minimum Gasteiger partial charge on any atom is -0.379 e. The molecule has 0 aromatic heterocycles. The predicted molar refractivity (Wildman–Crippen MR) is 127 cm³/mol. The van der Waals surface area contributed by atoms with Gasteiger partial charge in [-0.05, 0) is 31.4 Å². The van der Waals surface area contributed by atoms with Crippen LogP contribution in [0.4, 0.5) is 0 Å². The van der Waals surface area contributed by atoms with Gasteiger partial charge in [-0.2, -0.15) is 0 Å². The summed E-state index contributed by atoms with van der Waals surface area (Å²) < 4.78 is 16.6. The summed E-state index contributed by atoms with van der Waals surface area (Å²) in [6.07, 6.45) is 2.52. The van der Waals surface area contributed by atoms with Crippen LogP contribution in [-0.4, -0.2) is 52.1 Å². The largest absolute Gasteiger partial charge is 0.379 e. The summed E-state index contributed by atoms with van der Waals surface area (Å²) in [5.74, 6) is 0.769. The first-order chi connectivity index (χ1) is 13.2. The number of hydrogen-bond donors (Lipinski definition) is 2. The van der Waals surface area contributed by atoms with Crippen LogP contribution in [0.25, 0.3) is 0 Å². The number of guanidine groups is 1. The highest BCUT2D eigenvalue weighted by Gasteiger charge is 2.00. The minimum atomic E-state index is 0. The van der Waals surface area contributed by atoms with Crippen molar-refractivity contribution in [2.45, 2.75) is 52.9 Å². The Labute approximate surface area is 187 Å². The standard InChI is InChI=1S/C21H37N3O3.HI/c1-5-6-12-25-14-15-26-13-11-23-21(22-4)24-16-19-7-9-20(10-8-19)17-27-18(2)3;/h7-10,18H,5-6,11-17H2,1-4H3,(H2,22,23,24);1H. The van der Waals surface area contributed by atoms with Gasteiger partial charge in [0.25, 0.3) is 0 Å². The SMILES string of the molecule is CCCCOCCOCCNC(=NC)NCc1ccc(COC(C)C)cc1.I. The third kappa shape index (κ3) is 14.1. The van der Waals surface area contributed by atoms with Gasteiger partial charge in [0.05, 0.1) is 32.5 Å². The second-order valence-corrected chi connectivity index (χ2v) is 6.61. The summed E-state index contributed by atoms with van der Waals surface area (Å²) in [5, 5.41) is 6.56. The summed E-state index contributed by atoms with van der Waals surface area (Å²) in [5.41, 5.74) is 2.39. The molecule has 0 aliphatic heterocycles. The topological polar surface area (TPSA) is 64.1 Å². The van der Waals surface area contributed by atoms with E-state index < -0.39 is 0 Å². The highest BCUT2D eigenvalue weighted by Crippen LogP contribution is 2.07. The van der Waals surface area contributed by atoms with Crippen LogP contribution in [0.3, 0.4) is 0 Å². The zero-order valence-electron chi connectivity index (χ0n) is 17.8. The van der Waals surface area contributed by atoms with Crippen molar-refractivity contribution in [2.75, 3.05) is 40.0 Å². The minimum absolute atomic E-state index is 0. The molecule has 0 radical (unpaired) electrons. The van der Waals surface area contributed by atoms with Crippen LogP contribution in [-0.2, 0) is 27.4 Å². The Morgan fingerprint density at radius 1 is 0.964 bits per heavy atom. The van der Waals surface area contributed by atoms with E-state index in [0.717, 1.165) is 32.0 Å². The second kappa shape index (κ2) is 18.1. The molecule has 6 nitrogen and oxygen atoms in total. The maximum Gasteiger partial charge on any atom is 0.191 e. The molecular weight excluding hydrogens is 469 g/mol. The van der Waals surface area contributed by atoms with Gasteiger partial charge in [-0.15, -0.1) is 24.0 Å². The van der Waals surface area contributed by atoms with Gasteiger partial charge in [0, 0.05) is 26.7 Å². The third-order valence-corrected chi connectivity index (χ3v) is 3.84. The van der Waals surface area contributed by atoms with Crippen LogP contribution in [0.2, 0.25) is 0 Å². The van der Waals surface area contributed by atoms with Gasteiger partial charge < -0.3 is 24.8 Å². The Hall–Kier alpha value is -0.900. The predicted octanol–water partition coefficient (Wildman–Crippen LogP) is 3.73. The Morgan fingerprint density at radius 3 is 2.21 bits per heavy atom. The first-order valence-corrected chi connectivity index (χ1v) is 9.95.